The molecule has 3 aliphatic heterocycles. The zero-order chi connectivity index (χ0) is 15.6. The lowest BCUT2D eigenvalue weighted by Gasteiger charge is -2.36. The zero-order valence-electron chi connectivity index (χ0n) is 13.5. The summed E-state index contributed by atoms with van der Waals surface area (Å²) in [5.74, 6) is 3.90. The Bertz CT molecular complexity index is 534. The maximum atomic E-state index is 13.3. The summed E-state index contributed by atoms with van der Waals surface area (Å²) in [6.45, 7) is 6.04. The molecule has 3 saturated heterocycles. The Morgan fingerprint density at radius 3 is 2.39 bits per heavy atom. The molecule has 1 aromatic carbocycles. The number of nitrogens with zero attached hydrogens (tertiary/aromatic N) is 2. The zero-order valence-corrected chi connectivity index (χ0v) is 14.3. The standard InChI is InChI=1S/C18H25N3OS/c22-18(21-12-15-10-19-11-16(15)13-21)17(14-4-2-1-3-5-14)20-6-8-23-9-7-20/h1-5,15-17,19H,6-13H2/t15-,16+,17?. The van der Waals surface area contributed by atoms with Gasteiger partial charge >= 0.3 is 0 Å². The van der Waals surface area contributed by atoms with Crippen LogP contribution < -0.4 is 5.32 Å². The van der Waals surface area contributed by atoms with Crippen LogP contribution in [-0.2, 0) is 4.79 Å². The van der Waals surface area contributed by atoms with E-state index in [-0.39, 0.29) is 6.04 Å². The summed E-state index contributed by atoms with van der Waals surface area (Å²) < 4.78 is 0. The fraction of sp³-hybridized carbons (Fsp3) is 0.611. The number of fused-ring (bicyclic) bond motifs is 1. The van der Waals surface area contributed by atoms with Gasteiger partial charge in [-0.3, -0.25) is 9.69 Å². The number of likely N-dealkylation sites (tertiary alicyclic amines) is 1. The molecule has 1 N–H and O–H groups in total. The number of carbonyl (C=O) groups excluding carboxylic acids is 1. The summed E-state index contributed by atoms with van der Waals surface area (Å²) in [6, 6.07) is 10.3. The third kappa shape index (κ3) is 3.14. The van der Waals surface area contributed by atoms with Gasteiger partial charge in [-0.05, 0) is 17.4 Å². The summed E-state index contributed by atoms with van der Waals surface area (Å²) >= 11 is 1.99. The lowest BCUT2D eigenvalue weighted by atomic mass is 10.0. The predicted molar refractivity (Wildman–Crippen MR) is 94.5 cm³/mol. The predicted octanol–water partition coefficient (Wildman–Crippen LogP) is 1.45. The highest BCUT2D eigenvalue weighted by molar-refractivity contribution is 7.99. The van der Waals surface area contributed by atoms with Crippen LogP contribution >= 0.6 is 11.8 Å². The SMILES string of the molecule is O=C(C(c1ccccc1)N1CCSCC1)N1C[C@H]2CNC[C@H]2C1. The second-order valence-electron chi connectivity index (χ2n) is 6.88. The van der Waals surface area contributed by atoms with Crippen LogP contribution in [0.5, 0.6) is 0 Å². The van der Waals surface area contributed by atoms with Gasteiger partial charge in [0.25, 0.3) is 0 Å². The van der Waals surface area contributed by atoms with Crippen molar-refractivity contribution in [3.8, 4) is 0 Å². The molecule has 3 fully saturated rings. The highest BCUT2D eigenvalue weighted by Gasteiger charge is 2.41. The Balaban J connectivity index is 1.56. The Morgan fingerprint density at radius 1 is 1.09 bits per heavy atom. The van der Waals surface area contributed by atoms with Crippen LogP contribution in [-0.4, -0.2) is 66.5 Å². The van der Waals surface area contributed by atoms with Gasteiger partial charge in [0, 0.05) is 50.8 Å². The average Bonchev–Trinajstić information content (AvgIpc) is 3.19. The Kier molecular flexibility index (Phi) is 4.60. The molecule has 4 nitrogen and oxygen atoms in total. The molecular weight excluding hydrogens is 306 g/mol. The van der Waals surface area contributed by atoms with E-state index in [1.165, 1.54) is 0 Å². The van der Waals surface area contributed by atoms with Gasteiger partial charge in [-0.15, -0.1) is 0 Å². The van der Waals surface area contributed by atoms with E-state index in [0.29, 0.717) is 17.7 Å². The van der Waals surface area contributed by atoms with E-state index < -0.39 is 0 Å². The monoisotopic (exact) mass is 331 g/mol. The minimum atomic E-state index is -0.0936. The molecule has 23 heavy (non-hydrogen) atoms. The maximum absolute atomic E-state index is 13.3. The van der Waals surface area contributed by atoms with Gasteiger partial charge in [-0.2, -0.15) is 11.8 Å². The van der Waals surface area contributed by atoms with Crippen molar-refractivity contribution in [1.29, 1.82) is 0 Å². The molecule has 0 aliphatic carbocycles. The molecule has 5 heteroatoms. The normalized spacial score (nSPS) is 29.5. The summed E-state index contributed by atoms with van der Waals surface area (Å²) in [5.41, 5.74) is 1.15. The first kappa shape index (κ1) is 15.5. The molecule has 0 radical (unpaired) electrons. The first-order valence-corrected chi connectivity index (χ1v) is 9.84. The molecule has 0 bridgehead atoms. The third-order valence-electron chi connectivity index (χ3n) is 5.46. The van der Waals surface area contributed by atoms with E-state index in [9.17, 15) is 4.79 Å². The molecule has 4 rings (SSSR count). The number of hydrogen-bond donors (Lipinski definition) is 1. The van der Waals surface area contributed by atoms with Crippen molar-refractivity contribution in [2.75, 3.05) is 50.8 Å². The number of carbonyl (C=O) groups is 1. The van der Waals surface area contributed by atoms with Crippen molar-refractivity contribution in [2.24, 2.45) is 11.8 Å². The minimum absolute atomic E-state index is 0.0936. The summed E-state index contributed by atoms with van der Waals surface area (Å²) in [4.78, 5) is 17.9. The van der Waals surface area contributed by atoms with E-state index in [2.05, 4.69) is 39.4 Å². The van der Waals surface area contributed by atoms with Crippen LogP contribution in [0, 0.1) is 11.8 Å². The first-order valence-electron chi connectivity index (χ1n) is 8.69. The molecule has 3 heterocycles. The molecule has 0 spiro atoms. The van der Waals surface area contributed by atoms with Crippen LogP contribution in [0.4, 0.5) is 0 Å². The highest BCUT2D eigenvalue weighted by Crippen LogP contribution is 2.32. The number of thioether (sulfide) groups is 1. The maximum Gasteiger partial charge on any atom is 0.244 e. The summed E-state index contributed by atoms with van der Waals surface area (Å²) in [6.07, 6.45) is 0. The fourth-order valence-electron chi connectivity index (χ4n) is 4.19. The van der Waals surface area contributed by atoms with Crippen molar-refractivity contribution in [2.45, 2.75) is 6.04 Å². The van der Waals surface area contributed by atoms with Crippen LogP contribution in [0.25, 0.3) is 0 Å². The van der Waals surface area contributed by atoms with E-state index in [0.717, 1.165) is 56.3 Å². The van der Waals surface area contributed by atoms with Gasteiger partial charge in [0.15, 0.2) is 0 Å². The Hall–Kier alpha value is -1.04. The van der Waals surface area contributed by atoms with Gasteiger partial charge in [-0.25, -0.2) is 0 Å². The fourth-order valence-corrected chi connectivity index (χ4v) is 5.12. The van der Waals surface area contributed by atoms with Crippen molar-refractivity contribution in [1.82, 2.24) is 15.1 Å². The number of hydrogen-bond acceptors (Lipinski definition) is 4. The number of benzene rings is 1. The Morgan fingerprint density at radius 2 is 1.74 bits per heavy atom. The van der Waals surface area contributed by atoms with E-state index in [4.69, 9.17) is 0 Å². The van der Waals surface area contributed by atoms with Crippen molar-refractivity contribution in [3.05, 3.63) is 35.9 Å². The third-order valence-corrected chi connectivity index (χ3v) is 6.40. The summed E-state index contributed by atoms with van der Waals surface area (Å²) in [7, 11) is 0. The van der Waals surface area contributed by atoms with E-state index in [1.54, 1.807) is 0 Å². The molecule has 1 amide bonds. The molecule has 124 valence electrons. The lowest BCUT2D eigenvalue weighted by Crippen LogP contribution is -2.45. The quantitative estimate of drug-likeness (QED) is 0.909. The molecule has 1 unspecified atom stereocenters. The molecule has 0 saturated carbocycles. The van der Waals surface area contributed by atoms with Crippen molar-refractivity contribution < 1.29 is 4.79 Å². The molecule has 1 aromatic rings. The van der Waals surface area contributed by atoms with Crippen LogP contribution in [0.2, 0.25) is 0 Å². The lowest BCUT2D eigenvalue weighted by molar-refractivity contribution is -0.136. The largest absolute Gasteiger partial charge is 0.340 e. The van der Waals surface area contributed by atoms with Crippen LogP contribution in [0.1, 0.15) is 11.6 Å². The van der Waals surface area contributed by atoms with Gasteiger partial charge in [0.05, 0.1) is 0 Å². The molecule has 3 aliphatic rings. The van der Waals surface area contributed by atoms with Crippen molar-refractivity contribution >= 4 is 17.7 Å². The first-order chi connectivity index (χ1) is 11.3. The Labute approximate surface area is 142 Å². The molecule has 0 aromatic heterocycles. The van der Waals surface area contributed by atoms with E-state index >= 15 is 0 Å². The van der Waals surface area contributed by atoms with Crippen LogP contribution in [0.15, 0.2) is 30.3 Å². The van der Waals surface area contributed by atoms with Gasteiger partial charge in [0.1, 0.15) is 6.04 Å². The smallest absolute Gasteiger partial charge is 0.244 e. The minimum Gasteiger partial charge on any atom is -0.340 e. The highest BCUT2D eigenvalue weighted by atomic mass is 32.2. The number of rotatable bonds is 3. The second kappa shape index (κ2) is 6.83. The molecular formula is C18H25N3OS. The van der Waals surface area contributed by atoms with Gasteiger partial charge in [0.2, 0.25) is 5.91 Å². The van der Waals surface area contributed by atoms with E-state index in [1.807, 2.05) is 17.8 Å². The van der Waals surface area contributed by atoms with Gasteiger partial charge < -0.3 is 10.2 Å². The molecule has 3 atom stereocenters. The van der Waals surface area contributed by atoms with Crippen molar-refractivity contribution in [3.63, 3.8) is 0 Å². The van der Waals surface area contributed by atoms with Crippen LogP contribution in [0.3, 0.4) is 0 Å². The number of amides is 1. The number of nitrogens with one attached hydrogen (secondary N) is 1. The topological polar surface area (TPSA) is 35.6 Å². The summed E-state index contributed by atoms with van der Waals surface area (Å²) in [5, 5.41) is 3.46. The average molecular weight is 331 g/mol. The second-order valence-corrected chi connectivity index (χ2v) is 8.11. The van der Waals surface area contributed by atoms with Gasteiger partial charge in [-0.1, -0.05) is 30.3 Å².